The summed E-state index contributed by atoms with van der Waals surface area (Å²) in [6.45, 7) is 11.6. The van der Waals surface area contributed by atoms with Gasteiger partial charge in [0.2, 0.25) is 0 Å². The van der Waals surface area contributed by atoms with Gasteiger partial charge in [0.15, 0.2) is 0 Å². The molecular formula is C11H23NO. The predicted octanol–water partition coefficient (Wildman–Crippen LogP) is 1.95. The molecule has 0 saturated carbocycles. The molecule has 0 radical (unpaired) electrons. The Labute approximate surface area is 82.0 Å². The van der Waals surface area contributed by atoms with Gasteiger partial charge in [-0.2, -0.15) is 0 Å². The van der Waals surface area contributed by atoms with Crippen LogP contribution in [-0.4, -0.2) is 23.8 Å². The Morgan fingerprint density at radius 2 is 2.00 bits per heavy atom. The summed E-state index contributed by atoms with van der Waals surface area (Å²) in [7, 11) is 0. The van der Waals surface area contributed by atoms with Crippen molar-refractivity contribution >= 4 is 0 Å². The van der Waals surface area contributed by atoms with Crippen LogP contribution >= 0.6 is 0 Å². The standard InChI is InChI=1S/C11H23NO/c1-9(2)6-7-12-8-11(5,13)10(3)4/h6,10,12-13H,7-8H2,1-5H3. The lowest BCUT2D eigenvalue weighted by atomic mass is 9.93. The van der Waals surface area contributed by atoms with Crippen molar-refractivity contribution in [2.75, 3.05) is 13.1 Å². The number of nitrogens with one attached hydrogen (secondary N) is 1. The van der Waals surface area contributed by atoms with Gasteiger partial charge in [-0.05, 0) is 26.7 Å². The second kappa shape index (κ2) is 5.40. The Bertz CT molecular complexity index is 167. The van der Waals surface area contributed by atoms with Crippen LogP contribution in [-0.2, 0) is 0 Å². The van der Waals surface area contributed by atoms with Crippen molar-refractivity contribution in [3.63, 3.8) is 0 Å². The van der Waals surface area contributed by atoms with E-state index in [-0.39, 0.29) is 5.92 Å². The molecule has 0 aromatic carbocycles. The van der Waals surface area contributed by atoms with Gasteiger partial charge in [-0.25, -0.2) is 0 Å². The van der Waals surface area contributed by atoms with Crippen LogP contribution in [0.4, 0.5) is 0 Å². The lowest BCUT2D eigenvalue weighted by Gasteiger charge is -2.27. The van der Waals surface area contributed by atoms with E-state index >= 15 is 0 Å². The van der Waals surface area contributed by atoms with Crippen molar-refractivity contribution < 1.29 is 5.11 Å². The molecule has 0 aromatic rings. The highest BCUT2D eigenvalue weighted by Crippen LogP contribution is 2.14. The Balaban J connectivity index is 3.70. The monoisotopic (exact) mass is 185 g/mol. The molecule has 0 aliphatic carbocycles. The number of allylic oxidation sites excluding steroid dienone is 1. The lowest BCUT2D eigenvalue weighted by Crippen LogP contribution is -2.42. The largest absolute Gasteiger partial charge is 0.389 e. The first-order valence-electron chi connectivity index (χ1n) is 4.92. The van der Waals surface area contributed by atoms with Gasteiger partial charge in [0.1, 0.15) is 0 Å². The number of hydrogen-bond donors (Lipinski definition) is 2. The predicted molar refractivity (Wildman–Crippen MR) is 57.8 cm³/mol. The average Bonchev–Trinajstić information content (AvgIpc) is 1.97. The zero-order valence-corrected chi connectivity index (χ0v) is 9.52. The molecule has 0 rings (SSSR count). The first-order valence-corrected chi connectivity index (χ1v) is 4.92. The van der Waals surface area contributed by atoms with Crippen LogP contribution in [0.2, 0.25) is 0 Å². The molecule has 2 nitrogen and oxygen atoms in total. The molecule has 0 aromatic heterocycles. The fourth-order valence-electron chi connectivity index (χ4n) is 0.806. The van der Waals surface area contributed by atoms with Crippen LogP contribution in [0.15, 0.2) is 11.6 Å². The maximum absolute atomic E-state index is 9.87. The van der Waals surface area contributed by atoms with Crippen molar-refractivity contribution in [2.45, 2.75) is 40.2 Å². The zero-order valence-electron chi connectivity index (χ0n) is 9.52. The molecule has 0 amide bonds. The van der Waals surface area contributed by atoms with Gasteiger partial charge in [0.05, 0.1) is 5.60 Å². The van der Waals surface area contributed by atoms with Crippen LogP contribution in [0.5, 0.6) is 0 Å². The van der Waals surface area contributed by atoms with Gasteiger partial charge in [-0.15, -0.1) is 0 Å². The number of rotatable bonds is 5. The Morgan fingerprint density at radius 1 is 1.46 bits per heavy atom. The molecule has 0 bridgehead atoms. The highest BCUT2D eigenvalue weighted by atomic mass is 16.3. The second-order valence-corrected chi connectivity index (χ2v) is 4.42. The molecule has 2 N–H and O–H groups in total. The quantitative estimate of drug-likeness (QED) is 0.507. The van der Waals surface area contributed by atoms with Crippen LogP contribution in [0, 0.1) is 5.92 Å². The van der Waals surface area contributed by atoms with Crippen molar-refractivity contribution in [2.24, 2.45) is 5.92 Å². The summed E-state index contributed by atoms with van der Waals surface area (Å²) in [4.78, 5) is 0. The van der Waals surface area contributed by atoms with Gasteiger partial charge in [0.25, 0.3) is 0 Å². The summed E-state index contributed by atoms with van der Waals surface area (Å²) < 4.78 is 0. The molecule has 13 heavy (non-hydrogen) atoms. The zero-order chi connectivity index (χ0) is 10.5. The molecule has 0 fully saturated rings. The average molecular weight is 185 g/mol. The molecule has 78 valence electrons. The van der Waals surface area contributed by atoms with Crippen molar-refractivity contribution in [3.8, 4) is 0 Å². The van der Waals surface area contributed by atoms with Crippen molar-refractivity contribution in [1.29, 1.82) is 0 Å². The van der Waals surface area contributed by atoms with Crippen LogP contribution in [0.3, 0.4) is 0 Å². The first kappa shape index (κ1) is 12.7. The number of hydrogen-bond acceptors (Lipinski definition) is 2. The summed E-state index contributed by atoms with van der Waals surface area (Å²) in [6, 6.07) is 0. The van der Waals surface area contributed by atoms with E-state index in [1.165, 1.54) is 5.57 Å². The molecule has 0 saturated heterocycles. The summed E-state index contributed by atoms with van der Waals surface area (Å²) in [5, 5.41) is 13.1. The van der Waals surface area contributed by atoms with E-state index in [0.29, 0.717) is 6.54 Å². The van der Waals surface area contributed by atoms with Gasteiger partial charge < -0.3 is 10.4 Å². The third-order valence-corrected chi connectivity index (χ3v) is 2.38. The summed E-state index contributed by atoms with van der Waals surface area (Å²) >= 11 is 0. The van der Waals surface area contributed by atoms with E-state index in [1.54, 1.807) is 0 Å². The fraction of sp³-hybridized carbons (Fsp3) is 0.818. The Kier molecular flexibility index (Phi) is 5.26. The van der Waals surface area contributed by atoms with E-state index < -0.39 is 5.60 Å². The maximum Gasteiger partial charge on any atom is 0.0766 e. The third kappa shape index (κ3) is 5.83. The van der Waals surface area contributed by atoms with Crippen LogP contribution in [0.25, 0.3) is 0 Å². The van der Waals surface area contributed by atoms with E-state index in [2.05, 4.69) is 25.2 Å². The second-order valence-electron chi connectivity index (χ2n) is 4.42. The smallest absolute Gasteiger partial charge is 0.0766 e. The van der Waals surface area contributed by atoms with Gasteiger partial charge in [-0.1, -0.05) is 25.5 Å². The Hall–Kier alpha value is -0.340. The minimum absolute atomic E-state index is 0.284. The summed E-state index contributed by atoms with van der Waals surface area (Å²) in [5.74, 6) is 0.284. The maximum atomic E-state index is 9.87. The van der Waals surface area contributed by atoms with E-state index in [4.69, 9.17) is 0 Å². The lowest BCUT2D eigenvalue weighted by molar-refractivity contribution is 0.0151. The molecule has 0 aliphatic heterocycles. The SMILES string of the molecule is CC(C)=CCNCC(C)(O)C(C)C. The molecule has 1 atom stereocenters. The van der Waals surface area contributed by atoms with E-state index in [0.717, 1.165) is 6.54 Å². The summed E-state index contributed by atoms with van der Waals surface area (Å²) in [6.07, 6.45) is 2.12. The summed E-state index contributed by atoms with van der Waals surface area (Å²) in [5.41, 5.74) is 0.701. The topological polar surface area (TPSA) is 32.3 Å². The minimum Gasteiger partial charge on any atom is -0.389 e. The highest BCUT2D eigenvalue weighted by molar-refractivity contribution is 4.94. The van der Waals surface area contributed by atoms with E-state index in [1.807, 2.05) is 20.8 Å². The van der Waals surface area contributed by atoms with Gasteiger partial charge in [0, 0.05) is 13.1 Å². The Morgan fingerprint density at radius 3 is 2.38 bits per heavy atom. The van der Waals surface area contributed by atoms with Crippen LogP contribution in [0.1, 0.15) is 34.6 Å². The van der Waals surface area contributed by atoms with E-state index in [9.17, 15) is 5.11 Å². The normalized spacial score (nSPS) is 15.6. The third-order valence-electron chi connectivity index (χ3n) is 2.38. The molecular weight excluding hydrogens is 162 g/mol. The fourth-order valence-corrected chi connectivity index (χ4v) is 0.806. The van der Waals surface area contributed by atoms with Gasteiger partial charge >= 0.3 is 0 Å². The molecule has 2 heteroatoms. The first-order chi connectivity index (χ1) is 5.86. The number of aliphatic hydroxyl groups is 1. The molecule has 0 heterocycles. The van der Waals surface area contributed by atoms with Crippen molar-refractivity contribution in [1.82, 2.24) is 5.32 Å². The van der Waals surface area contributed by atoms with Crippen molar-refractivity contribution in [3.05, 3.63) is 11.6 Å². The molecule has 0 aliphatic rings. The highest BCUT2D eigenvalue weighted by Gasteiger charge is 2.23. The molecule has 0 spiro atoms. The van der Waals surface area contributed by atoms with Gasteiger partial charge in [-0.3, -0.25) is 0 Å². The minimum atomic E-state index is -0.602. The van der Waals surface area contributed by atoms with Crippen LogP contribution < -0.4 is 5.32 Å². The molecule has 1 unspecified atom stereocenters.